The van der Waals surface area contributed by atoms with Gasteiger partial charge in [0, 0.05) is 25.7 Å². The molecule has 3 unspecified atom stereocenters. The Balaban J connectivity index is 2.01. The van der Waals surface area contributed by atoms with Crippen LogP contribution in [0.15, 0.2) is 30.3 Å². The summed E-state index contributed by atoms with van der Waals surface area (Å²) in [5.41, 5.74) is 0.0893. The summed E-state index contributed by atoms with van der Waals surface area (Å²) in [7, 11) is -2.67. The predicted molar refractivity (Wildman–Crippen MR) is 162 cm³/mol. The zero-order chi connectivity index (χ0) is 29.0. The summed E-state index contributed by atoms with van der Waals surface area (Å²) in [4.78, 5) is 13.7. The molecular weight excluding hydrogens is 525 g/mol. The number of methoxy groups -OCH3 is 1. The molecule has 1 saturated carbocycles. The van der Waals surface area contributed by atoms with Crippen LogP contribution in [0.5, 0.6) is 0 Å². The van der Waals surface area contributed by atoms with Gasteiger partial charge in [-0.15, -0.1) is 0 Å². The van der Waals surface area contributed by atoms with Crippen LogP contribution in [0.3, 0.4) is 0 Å². The van der Waals surface area contributed by atoms with Crippen molar-refractivity contribution >= 4 is 27.5 Å². The fourth-order valence-electron chi connectivity index (χ4n) is 6.30. The first-order valence-electron chi connectivity index (χ1n) is 14.9. The SMILES string of the molecule is COC(=O)[C@@H](C(C)[Si](C)(C)c1ccccc1)[C@H]1C(CO)C[C@@H](OC2CCCCO2)[C@@H]1CO[Si](C)(C)C(C)(C)C. The minimum Gasteiger partial charge on any atom is -0.469 e. The third-order valence-electron chi connectivity index (χ3n) is 10.3. The van der Waals surface area contributed by atoms with Gasteiger partial charge in [0.15, 0.2) is 14.6 Å². The number of aliphatic hydroxyl groups is 1. The van der Waals surface area contributed by atoms with E-state index in [1.54, 1.807) is 0 Å². The van der Waals surface area contributed by atoms with E-state index < -0.39 is 16.4 Å². The van der Waals surface area contributed by atoms with E-state index in [1.165, 1.54) is 12.3 Å². The zero-order valence-electron chi connectivity index (χ0n) is 25.9. The van der Waals surface area contributed by atoms with Gasteiger partial charge in [-0.1, -0.05) is 76.3 Å². The predicted octanol–water partition coefficient (Wildman–Crippen LogP) is 5.96. The molecule has 222 valence electrons. The van der Waals surface area contributed by atoms with Crippen molar-refractivity contribution < 1.29 is 28.5 Å². The van der Waals surface area contributed by atoms with Crippen LogP contribution >= 0.6 is 0 Å². The highest BCUT2D eigenvalue weighted by Crippen LogP contribution is 2.50. The number of benzene rings is 1. The van der Waals surface area contributed by atoms with Crippen molar-refractivity contribution in [1.29, 1.82) is 0 Å². The van der Waals surface area contributed by atoms with E-state index >= 15 is 0 Å². The van der Waals surface area contributed by atoms with Crippen molar-refractivity contribution in [3.05, 3.63) is 30.3 Å². The van der Waals surface area contributed by atoms with Gasteiger partial charge in [-0.2, -0.15) is 0 Å². The summed E-state index contributed by atoms with van der Waals surface area (Å²) in [5.74, 6) is -0.754. The summed E-state index contributed by atoms with van der Waals surface area (Å²) in [6.07, 6.45) is 3.35. The van der Waals surface area contributed by atoms with Crippen molar-refractivity contribution in [3.63, 3.8) is 0 Å². The van der Waals surface area contributed by atoms with Crippen LogP contribution in [0.4, 0.5) is 0 Å². The maximum absolute atomic E-state index is 13.7. The average molecular weight is 579 g/mol. The molecule has 39 heavy (non-hydrogen) atoms. The van der Waals surface area contributed by atoms with Gasteiger partial charge in [-0.3, -0.25) is 4.79 Å². The maximum Gasteiger partial charge on any atom is 0.308 e. The fourth-order valence-corrected chi connectivity index (χ4v) is 10.2. The molecule has 1 aromatic carbocycles. The molecule has 0 aromatic heterocycles. The number of esters is 1. The Kier molecular flexibility index (Phi) is 11.1. The van der Waals surface area contributed by atoms with Gasteiger partial charge < -0.3 is 23.7 Å². The lowest BCUT2D eigenvalue weighted by molar-refractivity contribution is -0.198. The van der Waals surface area contributed by atoms with E-state index in [9.17, 15) is 9.90 Å². The monoisotopic (exact) mass is 578 g/mol. The van der Waals surface area contributed by atoms with Gasteiger partial charge in [0.05, 0.1) is 27.2 Å². The molecule has 1 aromatic rings. The van der Waals surface area contributed by atoms with Crippen LogP contribution in [-0.4, -0.2) is 66.8 Å². The standard InChI is InChI=1S/C31H54O6Si2/c1-22(38(6,7)24-15-11-10-12-16-24)28(30(33)34-5)29-23(20-32)19-26(37-27-17-13-14-18-35-27)25(29)21-36-39(8,9)31(2,3)4/h10-12,15-16,22-23,25-29,32H,13-14,17-21H2,1-9H3/t22?,23?,25-,26+,27?,28-,29-/m0/s1. The summed E-state index contributed by atoms with van der Waals surface area (Å²) in [6, 6.07) is 10.6. The zero-order valence-corrected chi connectivity index (χ0v) is 27.9. The highest BCUT2D eigenvalue weighted by atomic mass is 28.4. The van der Waals surface area contributed by atoms with Gasteiger partial charge >= 0.3 is 5.97 Å². The van der Waals surface area contributed by atoms with Gasteiger partial charge in [0.25, 0.3) is 0 Å². The Morgan fingerprint density at radius 1 is 1.13 bits per heavy atom. The lowest BCUT2D eigenvalue weighted by Gasteiger charge is -2.43. The second-order valence-electron chi connectivity index (χ2n) is 13.9. The second-order valence-corrected chi connectivity index (χ2v) is 23.6. The number of hydrogen-bond donors (Lipinski definition) is 1. The van der Waals surface area contributed by atoms with Gasteiger partial charge in [-0.25, -0.2) is 0 Å². The number of rotatable bonds is 11. The fraction of sp³-hybridized carbons (Fsp3) is 0.774. The summed E-state index contributed by atoms with van der Waals surface area (Å²) in [6.45, 7) is 19.4. The Morgan fingerprint density at radius 2 is 1.79 bits per heavy atom. The quantitative estimate of drug-likeness (QED) is 0.258. The van der Waals surface area contributed by atoms with E-state index in [-0.39, 0.29) is 59.2 Å². The minimum absolute atomic E-state index is 0.0141. The molecule has 6 nitrogen and oxygen atoms in total. The number of carbonyl (C=O) groups is 1. The van der Waals surface area contributed by atoms with Crippen molar-refractivity contribution in [3.8, 4) is 0 Å². The molecule has 1 N–H and O–H groups in total. The van der Waals surface area contributed by atoms with Crippen LogP contribution in [0.2, 0.25) is 36.8 Å². The van der Waals surface area contributed by atoms with Gasteiger partial charge in [0.1, 0.15) is 0 Å². The van der Waals surface area contributed by atoms with Crippen LogP contribution in [-0.2, 0) is 23.4 Å². The largest absolute Gasteiger partial charge is 0.469 e. The molecule has 1 aliphatic heterocycles. The summed E-state index contributed by atoms with van der Waals surface area (Å²) < 4.78 is 25.0. The topological polar surface area (TPSA) is 74.2 Å². The molecule has 0 bridgehead atoms. The number of ether oxygens (including phenoxy) is 3. The molecule has 1 aliphatic carbocycles. The first-order valence-corrected chi connectivity index (χ1v) is 20.9. The molecular formula is C31H54O6Si2. The smallest absolute Gasteiger partial charge is 0.308 e. The molecule has 7 atom stereocenters. The highest BCUT2D eigenvalue weighted by Gasteiger charge is 2.54. The van der Waals surface area contributed by atoms with E-state index in [1.807, 2.05) is 6.07 Å². The van der Waals surface area contributed by atoms with Crippen molar-refractivity contribution in [1.82, 2.24) is 0 Å². The van der Waals surface area contributed by atoms with Crippen molar-refractivity contribution in [2.75, 3.05) is 26.9 Å². The van der Waals surface area contributed by atoms with Crippen LogP contribution < -0.4 is 5.19 Å². The lowest BCUT2D eigenvalue weighted by atomic mass is 9.77. The maximum atomic E-state index is 13.7. The summed E-state index contributed by atoms with van der Waals surface area (Å²) in [5, 5.41) is 12.1. The lowest BCUT2D eigenvalue weighted by Crippen LogP contribution is -2.52. The highest BCUT2D eigenvalue weighted by molar-refractivity contribution is 6.91. The van der Waals surface area contributed by atoms with Crippen molar-refractivity contribution in [2.45, 2.75) is 103 Å². The number of aliphatic hydroxyl groups excluding tert-OH is 1. The van der Waals surface area contributed by atoms with Crippen LogP contribution in [0.25, 0.3) is 0 Å². The molecule has 1 saturated heterocycles. The van der Waals surface area contributed by atoms with E-state index in [0.717, 1.165) is 19.3 Å². The normalized spacial score (nSPS) is 28.2. The van der Waals surface area contributed by atoms with Gasteiger partial charge in [0.2, 0.25) is 0 Å². The molecule has 2 aliphatic rings. The molecule has 1 heterocycles. The van der Waals surface area contributed by atoms with Crippen LogP contribution in [0.1, 0.15) is 53.4 Å². The Morgan fingerprint density at radius 3 is 2.33 bits per heavy atom. The van der Waals surface area contributed by atoms with E-state index in [2.05, 4.69) is 78.1 Å². The number of hydrogen-bond acceptors (Lipinski definition) is 6. The molecule has 3 rings (SSSR count). The first-order chi connectivity index (χ1) is 18.2. The Hall–Kier alpha value is -1.04. The van der Waals surface area contributed by atoms with E-state index in [4.69, 9.17) is 18.6 Å². The number of carbonyl (C=O) groups excluding carboxylic acids is 1. The molecule has 8 heteroatoms. The average Bonchev–Trinajstić information content (AvgIpc) is 3.24. The third-order valence-corrected chi connectivity index (χ3v) is 19.2. The molecule has 0 spiro atoms. The Bertz CT molecular complexity index is 909. The van der Waals surface area contributed by atoms with Crippen molar-refractivity contribution in [2.24, 2.45) is 23.7 Å². The first kappa shape index (κ1) is 32.5. The summed E-state index contributed by atoms with van der Waals surface area (Å²) >= 11 is 0. The van der Waals surface area contributed by atoms with Gasteiger partial charge in [-0.05, 0) is 61.2 Å². The third kappa shape index (κ3) is 7.43. The van der Waals surface area contributed by atoms with E-state index in [0.29, 0.717) is 19.6 Å². The molecule has 0 amide bonds. The molecule has 2 fully saturated rings. The Labute approximate surface area is 239 Å². The second kappa shape index (κ2) is 13.3. The minimum atomic E-state index is -2.10. The van der Waals surface area contributed by atoms with Crippen LogP contribution in [0, 0.1) is 23.7 Å². The molecule has 0 radical (unpaired) electrons.